The summed E-state index contributed by atoms with van der Waals surface area (Å²) in [6.07, 6.45) is 3.76. The van der Waals surface area contributed by atoms with Crippen LogP contribution in [0.4, 0.5) is 5.69 Å². The Balaban J connectivity index is 1.33. The number of aromatic nitrogens is 4. The van der Waals surface area contributed by atoms with Crippen molar-refractivity contribution in [2.45, 2.75) is 0 Å². The van der Waals surface area contributed by atoms with Gasteiger partial charge in [-0.3, -0.25) is 9.97 Å². The molecule has 0 amide bonds. The number of rotatable bonds is 4. The van der Waals surface area contributed by atoms with Crippen molar-refractivity contribution in [3.8, 4) is 39.7 Å². The van der Waals surface area contributed by atoms with Crippen LogP contribution in [0.1, 0.15) is 5.56 Å². The Labute approximate surface area is 342 Å². The maximum Gasteiger partial charge on any atom is 0.220 e. The Bertz CT molecular complexity index is 3620. The Kier molecular flexibility index (Phi) is 6.48. The first-order chi connectivity index (χ1) is 29.8. The van der Waals surface area contributed by atoms with Crippen LogP contribution in [0.15, 0.2) is 170 Å². The number of hydrogen-bond acceptors (Lipinski definition) is 3. The normalized spacial score (nSPS) is 12.0. The van der Waals surface area contributed by atoms with Crippen molar-refractivity contribution in [2.75, 3.05) is 0 Å². The van der Waals surface area contributed by atoms with E-state index in [-0.39, 0.29) is 0 Å². The minimum Gasteiger partial charge on any atom is -0.318 e. The van der Waals surface area contributed by atoms with E-state index in [2.05, 4.69) is 129 Å². The van der Waals surface area contributed by atoms with E-state index in [1.807, 2.05) is 60.9 Å². The first-order valence-electron chi connectivity index (χ1n) is 19.9. The zero-order valence-corrected chi connectivity index (χ0v) is 31.8. The second-order valence-electron chi connectivity index (χ2n) is 15.4. The lowest BCUT2D eigenvalue weighted by atomic mass is 9.88. The predicted molar refractivity (Wildman–Crippen MR) is 245 cm³/mol. The van der Waals surface area contributed by atoms with E-state index in [0.29, 0.717) is 28.2 Å². The smallest absolute Gasteiger partial charge is 0.220 e. The highest BCUT2D eigenvalue weighted by molar-refractivity contribution is 6.35. The van der Waals surface area contributed by atoms with Gasteiger partial charge in [0.1, 0.15) is 6.07 Å². The largest absolute Gasteiger partial charge is 0.318 e. The Hall–Kier alpha value is -8.58. The molecule has 6 nitrogen and oxygen atoms in total. The molecule has 0 aliphatic rings. The fraction of sp³-hybridized carbons (Fsp3) is 0. The van der Waals surface area contributed by atoms with Crippen LogP contribution in [0.3, 0.4) is 0 Å². The van der Waals surface area contributed by atoms with E-state index >= 15 is 0 Å². The zero-order chi connectivity index (χ0) is 39.6. The summed E-state index contributed by atoms with van der Waals surface area (Å²) in [7, 11) is 0. The highest BCUT2D eigenvalue weighted by Crippen LogP contribution is 2.54. The van der Waals surface area contributed by atoms with Crippen LogP contribution in [0.5, 0.6) is 0 Å². The molecule has 0 radical (unpaired) electrons. The number of nitriles is 1. The zero-order valence-electron chi connectivity index (χ0n) is 31.8. The SMILES string of the molecule is [C-]#[N+]c1c(-c2ccccc2)c(C#N)c(-n2c3cccc4c5ccccc5c5nccc2c5c43)c(-c2ccccc2)c1-n1c2cccc3c4ccccc4c4nccc1c4c32. The number of benzene rings is 9. The van der Waals surface area contributed by atoms with E-state index in [0.717, 1.165) is 104 Å². The third-order valence-electron chi connectivity index (χ3n) is 12.6. The fourth-order valence-electron chi connectivity index (χ4n) is 10.3. The van der Waals surface area contributed by atoms with Crippen LogP contribution in [-0.2, 0) is 0 Å². The molecule has 4 aromatic heterocycles. The molecular formula is C54H28N6. The summed E-state index contributed by atoms with van der Waals surface area (Å²) in [6.45, 7) is 9.15. The van der Waals surface area contributed by atoms with E-state index in [9.17, 15) is 5.26 Å². The van der Waals surface area contributed by atoms with Gasteiger partial charge in [-0.05, 0) is 56.9 Å². The monoisotopic (exact) mass is 760 g/mol. The highest BCUT2D eigenvalue weighted by atomic mass is 15.0. The third-order valence-corrected chi connectivity index (χ3v) is 12.6. The molecule has 6 heteroatoms. The van der Waals surface area contributed by atoms with Gasteiger partial charge >= 0.3 is 0 Å². The molecule has 0 aliphatic carbocycles. The van der Waals surface area contributed by atoms with Crippen LogP contribution >= 0.6 is 0 Å². The van der Waals surface area contributed by atoms with Crippen molar-refractivity contribution < 1.29 is 0 Å². The van der Waals surface area contributed by atoms with Crippen molar-refractivity contribution >= 4 is 92.6 Å². The molecule has 9 aromatic carbocycles. The molecule has 0 N–H and O–H groups in total. The average molecular weight is 761 g/mol. The van der Waals surface area contributed by atoms with Crippen molar-refractivity contribution in [2.24, 2.45) is 0 Å². The molecule has 4 heterocycles. The Morgan fingerprint density at radius 1 is 0.433 bits per heavy atom. The third kappa shape index (κ3) is 4.04. The van der Waals surface area contributed by atoms with E-state index in [1.165, 1.54) is 0 Å². The summed E-state index contributed by atoms with van der Waals surface area (Å²) < 4.78 is 4.55. The average Bonchev–Trinajstić information content (AvgIpc) is 3.84. The number of hydrogen-bond donors (Lipinski definition) is 0. The minimum absolute atomic E-state index is 0.403. The molecule has 13 rings (SSSR count). The maximum atomic E-state index is 11.7. The second-order valence-corrected chi connectivity index (χ2v) is 15.4. The first kappa shape index (κ1) is 32.5. The van der Waals surface area contributed by atoms with Gasteiger partial charge in [0.2, 0.25) is 5.69 Å². The lowest BCUT2D eigenvalue weighted by molar-refractivity contribution is 1.13. The lowest BCUT2D eigenvalue weighted by Crippen LogP contribution is -2.08. The van der Waals surface area contributed by atoms with Gasteiger partial charge in [-0.1, -0.05) is 133 Å². The van der Waals surface area contributed by atoms with Gasteiger partial charge in [-0.15, -0.1) is 0 Å². The standard InChI is InChI=1S/C54H28N6/c1-56-52-44(31-14-4-2-5-15-31)39(30-55)53(59-40-24-12-22-35-33-18-8-10-20-37(33)50-48(46(35)40)42(59)26-28-57-50)45(32-16-6-3-7-17-32)54(52)60-41-25-13-23-36-34-19-9-11-21-38(34)51-49(47(36)41)43(60)27-29-58-51/h2-29H. The fourth-order valence-corrected chi connectivity index (χ4v) is 10.3. The molecule has 0 spiro atoms. The van der Waals surface area contributed by atoms with Crippen LogP contribution in [-0.4, -0.2) is 19.1 Å². The summed E-state index contributed by atoms with van der Waals surface area (Å²) in [4.78, 5) is 14.5. The lowest BCUT2D eigenvalue weighted by Gasteiger charge is -2.25. The van der Waals surface area contributed by atoms with Crippen molar-refractivity contribution in [3.63, 3.8) is 0 Å². The summed E-state index contributed by atoms with van der Waals surface area (Å²) in [5, 5.41) is 22.7. The van der Waals surface area contributed by atoms with Gasteiger partial charge in [-0.25, -0.2) is 4.85 Å². The second kappa shape index (κ2) is 12.0. The van der Waals surface area contributed by atoms with Crippen LogP contribution in [0, 0.1) is 17.9 Å². The molecule has 0 aliphatic heterocycles. The first-order valence-corrected chi connectivity index (χ1v) is 19.9. The van der Waals surface area contributed by atoms with Crippen molar-refractivity contribution in [1.82, 2.24) is 19.1 Å². The Morgan fingerprint density at radius 2 is 0.867 bits per heavy atom. The van der Waals surface area contributed by atoms with Crippen LogP contribution in [0.25, 0.3) is 125 Å². The summed E-state index contributed by atoms with van der Waals surface area (Å²) >= 11 is 0. The minimum atomic E-state index is 0.403. The molecule has 0 unspecified atom stereocenters. The molecule has 0 atom stereocenters. The van der Waals surface area contributed by atoms with Gasteiger partial charge in [-0.2, -0.15) is 5.26 Å². The van der Waals surface area contributed by atoms with Crippen molar-refractivity contribution in [1.29, 1.82) is 5.26 Å². The Morgan fingerprint density at radius 3 is 1.37 bits per heavy atom. The van der Waals surface area contributed by atoms with Gasteiger partial charge in [0.15, 0.2) is 0 Å². The molecule has 13 aromatic rings. The quantitative estimate of drug-likeness (QED) is 0.133. The molecular weight excluding hydrogens is 733 g/mol. The molecule has 274 valence electrons. The summed E-state index contributed by atoms with van der Waals surface area (Å²) in [5.41, 5.74) is 11.0. The summed E-state index contributed by atoms with van der Waals surface area (Å²) in [6, 6.07) is 56.9. The van der Waals surface area contributed by atoms with Crippen LogP contribution in [0.2, 0.25) is 0 Å². The highest BCUT2D eigenvalue weighted by Gasteiger charge is 2.33. The molecule has 0 bridgehead atoms. The molecule has 0 fully saturated rings. The van der Waals surface area contributed by atoms with Crippen molar-refractivity contribution in [3.05, 3.63) is 187 Å². The van der Waals surface area contributed by atoms with Gasteiger partial charge in [0, 0.05) is 55.8 Å². The van der Waals surface area contributed by atoms with E-state index < -0.39 is 0 Å². The molecule has 0 saturated heterocycles. The van der Waals surface area contributed by atoms with Gasteiger partial charge in [0.25, 0.3) is 0 Å². The predicted octanol–water partition coefficient (Wildman–Crippen LogP) is 13.9. The maximum absolute atomic E-state index is 11.7. The topological polar surface area (TPSA) is 63.8 Å². The number of fused-ring (bicyclic) bond motifs is 6. The molecule has 0 saturated carbocycles. The number of pyridine rings is 2. The van der Waals surface area contributed by atoms with E-state index in [4.69, 9.17) is 16.5 Å². The van der Waals surface area contributed by atoms with E-state index in [1.54, 1.807) is 0 Å². The van der Waals surface area contributed by atoms with Gasteiger partial charge < -0.3 is 9.13 Å². The van der Waals surface area contributed by atoms with Crippen LogP contribution < -0.4 is 0 Å². The number of nitrogens with zero attached hydrogens (tertiary/aromatic N) is 6. The summed E-state index contributed by atoms with van der Waals surface area (Å²) in [5.74, 6) is 0. The van der Waals surface area contributed by atoms with Gasteiger partial charge in [0.05, 0.1) is 56.6 Å². The molecule has 60 heavy (non-hydrogen) atoms.